The molecule has 2 saturated heterocycles. The van der Waals surface area contributed by atoms with E-state index < -0.39 is 42.1 Å². The number of aromatic nitrogens is 2. The molecule has 0 spiro atoms. The highest BCUT2D eigenvalue weighted by Gasteiger charge is 2.38. The molecule has 50 heavy (non-hydrogen) atoms. The molecular weight excluding hydrogens is 650 g/mol. The minimum atomic E-state index is -1.18. The summed E-state index contributed by atoms with van der Waals surface area (Å²) in [6, 6.07) is 8.42. The van der Waals surface area contributed by atoms with Crippen LogP contribution >= 0.6 is 0 Å². The van der Waals surface area contributed by atoms with Crippen molar-refractivity contribution in [3.63, 3.8) is 0 Å². The number of aliphatic carboxylic acids is 1. The number of nitrogens with zero attached hydrogens (tertiary/aromatic N) is 5. The molecule has 1 aromatic carbocycles. The Morgan fingerprint density at radius 1 is 0.960 bits per heavy atom. The van der Waals surface area contributed by atoms with E-state index in [-0.39, 0.29) is 69.0 Å². The van der Waals surface area contributed by atoms with Gasteiger partial charge in [0.15, 0.2) is 11.8 Å². The number of ether oxygens (including phenoxy) is 2. The van der Waals surface area contributed by atoms with Gasteiger partial charge in [0.05, 0.1) is 12.3 Å². The van der Waals surface area contributed by atoms with Gasteiger partial charge < -0.3 is 39.9 Å². The number of likely N-dealkylation sites (tertiary alicyclic amines) is 1. The number of carbonyl (C=O) groups is 6. The summed E-state index contributed by atoms with van der Waals surface area (Å²) in [7, 11) is 0. The molecule has 3 N–H and O–H groups in total. The minimum absolute atomic E-state index is 0.0830. The maximum atomic E-state index is 13.6. The first-order valence-electron chi connectivity index (χ1n) is 17.2. The van der Waals surface area contributed by atoms with E-state index in [2.05, 4.69) is 15.7 Å². The van der Waals surface area contributed by atoms with Crippen molar-refractivity contribution in [2.45, 2.75) is 70.6 Å². The van der Waals surface area contributed by atoms with E-state index in [0.29, 0.717) is 37.5 Å². The normalized spacial score (nSPS) is 18.6. The van der Waals surface area contributed by atoms with Gasteiger partial charge >= 0.3 is 12.1 Å². The highest BCUT2D eigenvalue weighted by atomic mass is 16.6. The molecule has 16 heteroatoms. The number of hydrogen-bond donors (Lipinski definition) is 3. The first-order valence-corrected chi connectivity index (χ1v) is 17.2. The molecule has 270 valence electrons. The number of amides is 5. The van der Waals surface area contributed by atoms with Crippen LogP contribution in [0.25, 0.3) is 5.69 Å². The summed E-state index contributed by atoms with van der Waals surface area (Å²) in [5.41, 5.74) is 0.417. The van der Waals surface area contributed by atoms with E-state index in [1.165, 1.54) is 25.4 Å². The fourth-order valence-corrected chi connectivity index (χ4v) is 6.07. The monoisotopic (exact) mass is 695 g/mol. The number of rotatable bonds is 14. The van der Waals surface area contributed by atoms with Crippen molar-refractivity contribution in [2.75, 3.05) is 45.9 Å². The maximum absolute atomic E-state index is 13.6. The minimum Gasteiger partial charge on any atom is -0.481 e. The van der Waals surface area contributed by atoms with Gasteiger partial charge in [-0.3, -0.25) is 24.0 Å². The van der Waals surface area contributed by atoms with Gasteiger partial charge in [0.25, 0.3) is 11.8 Å². The first kappa shape index (κ1) is 36.1. The summed E-state index contributed by atoms with van der Waals surface area (Å²) in [6.07, 6.45) is 1.40. The second kappa shape index (κ2) is 16.5. The lowest BCUT2D eigenvalue weighted by Crippen LogP contribution is -2.56. The zero-order valence-electron chi connectivity index (χ0n) is 28.4. The fraction of sp³-hybridized carbons (Fsp3) is 0.559. The Morgan fingerprint density at radius 3 is 2.32 bits per heavy atom. The molecule has 3 heterocycles. The van der Waals surface area contributed by atoms with Crippen LogP contribution in [0.15, 0.2) is 36.4 Å². The number of para-hydroxylation sites is 1. The van der Waals surface area contributed by atoms with E-state index in [9.17, 15) is 33.9 Å². The molecule has 3 atom stereocenters. The number of carbonyl (C=O) groups excluding carboxylic acids is 5. The molecular formula is C34H45N7O9. The molecule has 2 aromatic rings. The maximum Gasteiger partial charge on any atom is 0.409 e. The molecule has 1 aromatic heterocycles. The number of piperazine rings is 1. The molecule has 0 radical (unpaired) electrons. The lowest BCUT2D eigenvalue weighted by atomic mass is 10.1. The van der Waals surface area contributed by atoms with Crippen LogP contribution in [0.5, 0.6) is 5.88 Å². The Labute approximate surface area is 290 Å². The molecule has 1 aliphatic carbocycles. The summed E-state index contributed by atoms with van der Waals surface area (Å²) in [6.45, 7) is 5.36. The molecule has 5 rings (SSSR count). The van der Waals surface area contributed by atoms with Crippen molar-refractivity contribution in [1.29, 1.82) is 0 Å². The molecule has 3 aliphatic rings. The summed E-state index contributed by atoms with van der Waals surface area (Å²) in [5.74, 6) is -2.31. The smallest absolute Gasteiger partial charge is 0.409 e. The van der Waals surface area contributed by atoms with Crippen LogP contribution in [0.4, 0.5) is 4.79 Å². The predicted molar refractivity (Wildman–Crippen MR) is 177 cm³/mol. The van der Waals surface area contributed by atoms with E-state index in [4.69, 9.17) is 9.47 Å². The van der Waals surface area contributed by atoms with Crippen LogP contribution in [0.1, 0.15) is 62.9 Å². The summed E-state index contributed by atoms with van der Waals surface area (Å²) in [4.78, 5) is 81.6. The van der Waals surface area contributed by atoms with Crippen molar-refractivity contribution >= 4 is 35.7 Å². The molecule has 5 amide bonds. The van der Waals surface area contributed by atoms with E-state index in [1.54, 1.807) is 44.2 Å². The van der Waals surface area contributed by atoms with Gasteiger partial charge in [-0.1, -0.05) is 18.2 Å². The molecule has 0 unspecified atom stereocenters. The number of carboxylic acid groups (broad SMARTS) is 1. The Morgan fingerprint density at radius 2 is 1.66 bits per heavy atom. The van der Waals surface area contributed by atoms with Crippen molar-refractivity contribution in [3.05, 3.63) is 42.1 Å². The van der Waals surface area contributed by atoms with Crippen LogP contribution in [0.2, 0.25) is 0 Å². The SMILES string of the molecule is CCOC(=O)N1CCN(C(=O)[C@H](CCC(=O)O)NC(=O)c2cc(O[C@H](C)C(=O)N3CCC[C@H]3C(=O)NCC3CC3)n(-c3ccccc3)n2)CC1. The van der Waals surface area contributed by atoms with E-state index in [1.807, 2.05) is 0 Å². The molecule has 3 fully saturated rings. The Balaban J connectivity index is 1.30. The summed E-state index contributed by atoms with van der Waals surface area (Å²) < 4.78 is 12.5. The lowest BCUT2D eigenvalue weighted by molar-refractivity contribution is -0.143. The lowest BCUT2D eigenvalue weighted by Gasteiger charge is -2.35. The molecule has 0 bridgehead atoms. The third kappa shape index (κ3) is 9.09. The Kier molecular flexibility index (Phi) is 11.9. The highest BCUT2D eigenvalue weighted by molar-refractivity contribution is 5.96. The van der Waals surface area contributed by atoms with Crippen LogP contribution in [-0.4, -0.2) is 129 Å². The average Bonchev–Trinajstić information content (AvgIpc) is 3.65. The zero-order valence-corrected chi connectivity index (χ0v) is 28.4. The average molecular weight is 696 g/mol. The van der Waals surface area contributed by atoms with E-state index >= 15 is 0 Å². The third-order valence-electron chi connectivity index (χ3n) is 9.02. The number of hydrogen-bond acceptors (Lipinski definition) is 9. The highest BCUT2D eigenvalue weighted by Crippen LogP contribution is 2.28. The molecule has 16 nitrogen and oxygen atoms in total. The van der Waals surface area contributed by atoms with Crippen molar-refractivity contribution in [3.8, 4) is 11.6 Å². The van der Waals surface area contributed by atoms with E-state index in [0.717, 1.165) is 12.8 Å². The number of benzene rings is 1. The van der Waals surface area contributed by atoms with Gasteiger partial charge in [-0.2, -0.15) is 5.10 Å². The van der Waals surface area contributed by atoms with Crippen molar-refractivity contribution < 1.29 is 43.3 Å². The summed E-state index contributed by atoms with van der Waals surface area (Å²) in [5, 5.41) is 19.4. The van der Waals surface area contributed by atoms with Crippen LogP contribution in [0.3, 0.4) is 0 Å². The quantitative estimate of drug-likeness (QED) is 0.260. The topological polar surface area (TPSA) is 193 Å². The van der Waals surface area contributed by atoms with Gasteiger partial charge in [0.2, 0.25) is 17.7 Å². The fourth-order valence-electron chi connectivity index (χ4n) is 6.07. The third-order valence-corrected chi connectivity index (χ3v) is 9.02. The van der Waals surface area contributed by atoms with Crippen LogP contribution in [-0.2, 0) is 23.9 Å². The Hall–Kier alpha value is -5.15. The van der Waals surface area contributed by atoms with Gasteiger partial charge in [-0.15, -0.1) is 0 Å². The first-order chi connectivity index (χ1) is 24.0. The number of nitrogens with one attached hydrogen (secondary N) is 2. The van der Waals surface area contributed by atoms with Crippen LogP contribution in [0, 0.1) is 5.92 Å². The standard InChI is InChI=1S/C34H45N7O9/c1-3-49-34(48)39-18-16-38(17-19-39)33(47)25(13-14-29(42)43)36-30(44)26-20-28(41(37-26)24-8-5-4-6-9-24)50-22(2)32(46)40-15-7-10-27(40)31(45)35-21-23-11-12-23/h4-6,8-9,20,22-23,25,27H,3,7,10-19,21H2,1-2H3,(H,35,45)(H,36,44)(H,42,43)/t22-,25+,27+/m1/s1. The molecule has 2 aliphatic heterocycles. The second-order valence-electron chi connectivity index (χ2n) is 12.7. The van der Waals surface area contributed by atoms with Gasteiger partial charge in [-0.25, -0.2) is 9.48 Å². The predicted octanol–water partition coefficient (Wildman–Crippen LogP) is 1.42. The van der Waals surface area contributed by atoms with Crippen molar-refractivity contribution in [1.82, 2.24) is 35.1 Å². The van der Waals surface area contributed by atoms with Gasteiger partial charge in [0.1, 0.15) is 12.1 Å². The van der Waals surface area contributed by atoms with Gasteiger partial charge in [-0.05, 0) is 64.0 Å². The van der Waals surface area contributed by atoms with Crippen molar-refractivity contribution in [2.24, 2.45) is 5.92 Å². The zero-order chi connectivity index (χ0) is 35.8. The Bertz CT molecular complexity index is 1550. The number of carboxylic acids is 1. The van der Waals surface area contributed by atoms with Crippen LogP contribution < -0.4 is 15.4 Å². The second-order valence-corrected chi connectivity index (χ2v) is 12.7. The molecule has 1 saturated carbocycles. The van der Waals surface area contributed by atoms with Gasteiger partial charge in [0, 0.05) is 51.8 Å². The largest absolute Gasteiger partial charge is 0.481 e. The summed E-state index contributed by atoms with van der Waals surface area (Å²) >= 11 is 0.